The first-order valence-electron chi connectivity index (χ1n) is 8.42. The molecule has 0 radical (unpaired) electrons. The van der Waals surface area contributed by atoms with Crippen LogP contribution in [-0.2, 0) is 15.2 Å². The van der Waals surface area contributed by atoms with Crippen LogP contribution in [0.4, 0.5) is 0 Å². The summed E-state index contributed by atoms with van der Waals surface area (Å²) < 4.78 is 0. The Morgan fingerprint density at radius 2 is 1.91 bits per heavy atom. The lowest BCUT2D eigenvalue weighted by Gasteiger charge is -2.26. The van der Waals surface area contributed by atoms with E-state index >= 15 is 0 Å². The Morgan fingerprint density at radius 1 is 1.13 bits per heavy atom. The number of nitrogens with zero attached hydrogens (tertiary/aromatic N) is 2. The maximum atomic E-state index is 12.5. The Bertz CT molecular complexity index is 575. The zero-order chi connectivity index (χ0) is 16.3. The predicted molar refractivity (Wildman–Crippen MR) is 86.6 cm³/mol. The highest BCUT2D eigenvalue weighted by Crippen LogP contribution is 2.31. The lowest BCUT2D eigenvalue weighted by atomic mass is 9.93. The number of likely N-dealkylation sites (tertiary alicyclic amines) is 2. The molecule has 1 aromatic rings. The fourth-order valence-corrected chi connectivity index (χ4v) is 3.46. The van der Waals surface area contributed by atoms with Crippen molar-refractivity contribution in [2.45, 2.75) is 37.7 Å². The molecule has 3 rings (SSSR count). The van der Waals surface area contributed by atoms with Gasteiger partial charge in [-0.3, -0.25) is 9.59 Å². The fourth-order valence-electron chi connectivity index (χ4n) is 3.46. The Labute approximate surface area is 136 Å². The molecule has 2 amide bonds. The maximum absolute atomic E-state index is 12.5. The minimum Gasteiger partial charge on any atom is -0.383 e. The van der Waals surface area contributed by atoms with Crippen molar-refractivity contribution < 1.29 is 14.7 Å². The number of carbonyl (C=O) groups excluding carboxylic acids is 2. The molecule has 23 heavy (non-hydrogen) atoms. The van der Waals surface area contributed by atoms with Crippen LogP contribution in [0.2, 0.25) is 0 Å². The predicted octanol–water partition coefficient (Wildman–Crippen LogP) is 1.51. The molecule has 0 unspecified atom stereocenters. The second kappa shape index (κ2) is 6.71. The van der Waals surface area contributed by atoms with Crippen molar-refractivity contribution in [3.8, 4) is 0 Å². The molecule has 0 spiro atoms. The van der Waals surface area contributed by atoms with Gasteiger partial charge in [-0.25, -0.2) is 0 Å². The fraction of sp³-hybridized carbons (Fsp3) is 0.556. The molecule has 2 aliphatic rings. The van der Waals surface area contributed by atoms with Gasteiger partial charge >= 0.3 is 0 Å². The highest BCUT2D eigenvalue weighted by Gasteiger charge is 2.39. The van der Waals surface area contributed by atoms with Crippen molar-refractivity contribution in [1.29, 1.82) is 0 Å². The summed E-state index contributed by atoms with van der Waals surface area (Å²) >= 11 is 0. The molecular weight excluding hydrogens is 292 g/mol. The number of β-amino-alcohol motifs (C(OH)–C–C–N with tert-alkyl or cyclic N) is 1. The van der Waals surface area contributed by atoms with Crippen molar-refractivity contribution in [2.24, 2.45) is 0 Å². The Kier molecular flexibility index (Phi) is 4.66. The lowest BCUT2D eigenvalue weighted by molar-refractivity contribution is -0.140. The SMILES string of the molecule is O=C1CCCCCN1CC(=O)N1CC[C@@](O)(c2ccccc2)C1. The van der Waals surface area contributed by atoms with Gasteiger partial charge in [0.05, 0.1) is 13.1 Å². The van der Waals surface area contributed by atoms with Gasteiger partial charge in [0.15, 0.2) is 0 Å². The van der Waals surface area contributed by atoms with Crippen LogP contribution in [0.3, 0.4) is 0 Å². The van der Waals surface area contributed by atoms with Crippen LogP contribution in [-0.4, -0.2) is 52.9 Å². The van der Waals surface area contributed by atoms with Gasteiger partial charge in [-0.15, -0.1) is 0 Å². The van der Waals surface area contributed by atoms with E-state index < -0.39 is 5.60 Å². The second-order valence-electron chi connectivity index (χ2n) is 6.59. The normalized spacial score (nSPS) is 25.5. The number of carbonyl (C=O) groups is 2. The van der Waals surface area contributed by atoms with Gasteiger partial charge in [0.2, 0.25) is 11.8 Å². The van der Waals surface area contributed by atoms with Crippen LogP contribution in [0.25, 0.3) is 0 Å². The number of rotatable bonds is 3. The van der Waals surface area contributed by atoms with Gasteiger partial charge in [0.1, 0.15) is 5.60 Å². The van der Waals surface area contributed by atoms with Gasteiger partial charge in [-0.1, -0.05) is 36.8 Å². The van der Waals surface area contributed by atoms with Gasteiger partial charge in [-0.2, -0.15) is 0 Å². The number of amides is 2. The summed E-state index contributed by atoms with van der Waals surface area (Å²) in [5, 5.41) is 10.8. The average molecular weight is 316 g/mol. The molecule has 2 aliphatic heterocycles. The van der Waals surface area contributed by atoms with Crippen LogP contribution in [0.5, 0.6) is 0 Å². The second-order valence-corrected chi connectivity index (χ2v) is 6.59. The van der Waals surface area contributed by atoms with E-state index in [4.69, 9.17) is 0 Å². The van der Waals surface area contributed by atoms with Crippen molar-refractivity contribution in [1.82, 2.24) is 9.80 Å². The molecule has 1 N–H and O–H groups in total. The van der Waals surface area contributed by atoms with Crippen LogP contribution in [0.15, 0.2) is 30.3 Å². The molecule has 0 aliphatic carbocycles. The van der Waals surface area contributed by atoms with Crippen molar-refractivity contribution >= 4 is 11.8 Å². The van der Waals surface area contributed by atoms with Crippen molar-refractivity contribution in [2.75, 3.05) is 26.2 Å². The standard InChI is InChI=1S/C18H24N2O3/c21-16-9-5-2-6-11-19(16)13-17(22)20-12-10-18(23,14-20)15-7-3-1-4-8-15/h1,3-4,7-8,23H,2,5-6,9-14H2/t18-/m0/s1. The summed E-state index contributed by atoms with van der Waals surface area (Å²) in [6, 6.07) is 9.50. The lowest BCUT2D eigenvalue weighted by Crippen LogP contribution is -2.43. The summed E-state index contributed by atoms with van der Waals surface area (Å²) in [5.41, 5.74) is -0.124. The molecule has 1 atom stereocenters. The Hall–Kier alpha value is -1.88. The quantitative estimate of drug-likeness (QED) is 0.919. The molecule has 0 saturated carbocycles. The van der Waals surface area contributed by atoms with Crippen LogP contribution in [0.1, 0.15) is 37.7 Å². The molecule has 5 nitrogen and oxygen atoms in total. The molecular formula is C18H24N2O3. The minimum absolute atomic E-state index is 0.0629. The number of benzene rings is 1. The van der Waals surface area contributed by atoms with E-state index in [1.807, 2.05) is 30.3 Å². The number of hydrogen-bond acceptors (Lipinski definition) is 3. The number of aliphatic hydroxyl groups is 1. The third kappa shape index (κ3) is 3.55. The van der Waals surface area contributed by atoms with Crippen molar-refractivity contribution in [3.63, 3.8) is 0 Å². The van der Waals surface area contributed by atoms with Crippen LogP contribution < -0.4 is 0 Å². The van der Waals surface area contributed by atoms with Crippen molar-refractivity contribution in [3.05, 3.63) is 35.9 Å². The molecule has 124 valence electrons. The van der Waals surface area contributed by atoms with Gasteiger partial charge in [0, 0.05) is 19.5 Å². The molecule has 0 bridgehead atoms. The minimum atomic E-state index is -0.973. The summed E-state index contributed by atoms with van der Waals surface area (Å²) in [5.74, 6) is 0.0143. The zero-order valence-electron chi connectivity index (χ0n) is 13.4. The third-order valence-electron chi connectivity index (χ3n) is 4.91. The van der Waals surface area contributed by atoms with E-state index in [1.54, 1.807) is 9.80 Å². The van der Waals surface area contributed by atoms with Crippen LogP contribution >= 0.6 is 0 Å². The maximum Gasteiger partial charge on any atom is 0.242 e. The Morgan fingerprint density at radius 3 is 2.70 bits per heavy atom. The first kappa shape index (κ1) is 16.0. The highest BCUT2D eigenvalue weighted by atomic mass is 16.3. The van der Waals surface area contributed by atoms with E-state index in [2.05, 4.69) is 0 Å². The third-order valence-corrected chi connectivity index (χ3v) is 4.91. The molecule has 2 saturated heterocycles. The monoisotopic (exact) mass is 316 g/mol. The van der Waals surface area contributed by atoms with E-state index in [9.17, 15) is 14.7 Å². The smallest absolute Gasteiger partial charge is 0.242 e. The summed E-state index contributed by atoms with van der Waals surface area (Å²) in [6.07, 6.45) is 4.01. The van der Waals surface area contributed by atoms with Crippen LogP contribution in [0, 0.1) is 0 Å². The first-order valence-corrected chi connectivity index (χ1v) is 8.42. The van der Waals surface area contributed by atoms with Gasteiger partial charge < -0.3 is 14.9 Å². The first-order chi connectivity index (χ1) is 11.1. The van der Waals surface area contributed by atoms with E-state index in [0.717, 1.165) is 24.8 Å². The average Bonchev–Trinajstić information content (AvgIpc) is 2.87. The van der Waals surface area contributed by atoms with E-state index in [-0.39, 0.29) is 18.4 Å². The molecule has 2 fully saturated rings. The topological polar surface area (TPSA) is 60.9 Å². The number of hydrogen-bond donors (Lipinski definition) is 1. The molecule has 5 heteroatoms. The summed E-state index contributed by atoms with van der Waals surface area (Å²) in [4.78, 5) is 27.9. The van der Waals surface area contributed by atoms with E-state index in [1.165, 1.54) is 0 Å². The zero-order valence-corrected chi connectivity index (χ0v) is 13.4. The summed E-state index contributed by atoms with van der Waals surface area (Å²) in [6.45, 7) is 1.65. The molecule has 0 aromatic heterocycles. The Balaban J connectivity index is 1.62. The largest absolute Gasteiger partial charge is 0.383 e. The molecule has 2 heterocycles. The molecule has 1 aromatic carbocycles. The van der Waals surface area contributed by atoms with E-state index in [0.29, 0.717) is 32.5 Å². The van der Waals surface area contributed by atoms with Gasteiger partial charge in [-0.05, 0) is 24.8 Å². The van der Waals surface area contributed by atoms with Gasteiger partial charge in [0.25, 0.3) is 0 Å². The highest BCUT2D eigenvalue weighted by molar-refractivity contribution is 5.85. The summed E-state index contributed by atoms with van der Waals surface area (Å²) in [7, 11) is 0.